The van der Waals surface area contributed by atoms with Crippen LogP contribution in [0, 0.1) is 0 Å². The fourth-order valence-electron chi connectivity index (χ4n) is 6.04. The van der Waals surface area contributed by atoms with Crippen LogP contribution in [0.15, 0.2) is 60.8 Å². The van der Waals surface area contributed by atoms with Gasteiger partial charge in [-0.15, -0.1) is 0 Å². The average Bonchev–Trinajstić information content (AvgIpc) is 3.19. The maximum Gasteiger partial charge on any atom is 0.306 e. The van der Waals surface area contributed by atoms with Crippen LogP contribution in [0.25, 0.3) is 0 Å². The highest BCUT2D eigenvalue weighted by Crippen LogP contribution is 2.38. The molecule has 0 aliphatic carbocycles. The van der Waals surface area contributed by atoms with Crippen molar-refractivity contribution in [3.63, 3.8) is 0 Å². The molecular weight excluding hydrogens is 762 g/mol. The molecule has 0 heterocycles. The van der Waals surface area contributed by atoms with Crippen molar-refractivity contribution in [3.05, 3.63) is 60.8 Å². The summed E-state index contributed by atoms with van der Waals surface area (Å²) in [5, 5.41) is 0. The van der Waals surface area contributed by atoms with Gasteiger partial charge in [0.15, 0.2) is 6.10 Å². The number of esters is 2. The maximum absolute atomic E-state index is 12.7. The van der Waals surface area contributed by atoms with Crippen LogP contribution >= 0.6 is 7.82 Å². The topological polar surface area (TPSA) is 111 Å². The van der Waals surface area contributed by atoms with Crippen LogP contribution in [-0.2, 0) is 32.7 Å². The summed E-state index contributed by atoms with van der Waals surface area (Å²) in [5.41, 5.74) is 0. The fourth-order valence-corrected chi connectivity index (χ4v) is 6.77. The summed E-state index contributed by atoms with van der Waals surface area (Å²) in [6.45, 7) is 4.15. The molecular formula is C49H88NO8P. The van der Waals surface area contributed by atoms with Crippen LogP contribution in [0.1, 0.15) is 187 Å². The molecule has 0 aromatic carbocycles. The van der Waals surface area contributed by atoms with Crippen LogP contribution in [0.4, 0.5) is 0 Å². The number of rotatable bonds is 42. The first kappa shape index (κ1) is 56.7. The van der Waals surface area contributed by atoms with Gasteiger partial charge in [0.1, 0.15) is 19.8 Å². The van der Waals surface area contributed by atoms with Crippen molar-refractivity contribution >= 4 is 19.8 Å². The van der Waals surface area contributed by atoms with E-state index in [-0.39, 0.29) is 26.1 Å². The number of quaternary nitrogens is 1. The molecule has 0 saturated heterocycles. The third-order valence-electron chi connectivity index (χ3n) is 9.76. The fraction of sp³-hybridized carbons (Fsp3) is 0.755. The molecule has 2 atom stereocenters. The number of phosphoric acid groups is 1. The third kappa shape index (κ3) is 45.1. The van der Waals surface area contributed by atoms with Crippen LogP contribution in [0.2, 0.25) is 0 Å². The Morgan fingerprint density at radius 2 is 0.915 bits per heavy atom. The van der Waals surface area contributed by atoms with Gasteiger partial charge in [0.25, 0.3) is 7.82 Å². The molecule has 0 aromatic heterocycles. The molecule has 0 aromatic rings. The van der Waals surface area contributed by atoms with Gasteiger partial charge in [-0.3, -0.25) is 14.2 Å². The summed E-state index contributed by atoms with van der Waals surface area (Å²) in [4.78, 5) is 37.6. The standard InChI is InChI=1S/C49H88NO8P/c1-6-8-10-12-14-16-18-20-22-24-25-26-28-30-32-34-36-38-40-42-49(52)58-47(46-57-59(53,54)56-44-43-50(3,4)5)45-55-48(51)41-39-37-35-33-31-29-27-23-21-19-17-15-13-11-9-7-2/h14,16,20,22-23,25-27,30,32,47H,6-13,15,17-19,21,24,28-29,31,33-46H2,1-5H3/b16-14-,22-20-,26-25-,27-23-,32-30-/t47-/m1/s1. The summed E-state index contributed by atoms with van der Waals surface area (Å²) >= 11 is 0. The zero-order chi connectivity index (χ0) is 43.6. The lowest BCUT2D eigenvalue weighted by atomic mass is 10.1. The van der Waals surface area contributed by atoms with E-state index in [1.807, 2.05) is 21.1 Å². The minimum atomic E-state index is -4.64. The van der Waals surface area contributed by atoms with E-state index in [2.05, 4.69) is 74.6 Å². The Hall–Kier alpha value is -2.29. The molecule has 0 spiro atoms. The smallest absolute Gasteiger partial charge is 0.306 e. The molecule has 0 aliphatic rings. The van der Waals surface area contributed by atoms with Crippen LogP contribution in [0.3, 0.4) is 0 Å². The predicted molar refractivity (Wildman–Crippen MR) is 245 cm³/mol. The highest BCUT2D eigenvalue weighted by atomic mass is 31.2. The van der Waals surface area contributed by atoms with Crippen molar-refractivity contribution < 1.29 is 42.1 Å². The Kier molecular flexibility index (Phi) is 39.5. The van der Waals surface area contributed by atoms with E-state index >= 15 is 0 Å². The SMILES string of the molecule is CCCCC/C=C\C/C=C\C/C=C\C/C=C\CCCCCC(=O)O[C@H](COC(=O)CCCCCCC/C=C\CCCCCCCCC)COP(=O)([O-])OCC[N+](C)(C)C. The van der Waals surface area contributed by atoms with Crippen molar-refractivity contribution in [2.24, 2.45) is 0 Å². The highest BCUT2D eigenvalue weighted by Gasteiger charge is 2.21. The Morgan fingerprint density at radius 1 is 0.525 bits per heavy atom. The monoisotopic (exact) mass is 850 g/mol. The quantitative estimate of drug-likeness (QED) is 0.0196. The van der Waals surface area contributed by atoms with Crippen LogP contribution in [0.5, 0.6) is 0 Å². The van der Waals surface area contributed by atoms with Crippen molar-refractivity contribution in [2.75, 3.05) is 47.5 Å². The predicted octanol–water partition coefficient (Wildman–Crippen LogP) is 13.0. The molecule has 0 fully saturated rings. The van der Waals surface area contributed by atoms with E-state index < -0.39 is 32.5 Å². The van der Waals surface area contributed by atoms with Crippen LogP contribution < -0.4 is 4.89 Å². The maximum atomic E-state index is 12.7. The molecule has 10 heteroatoms. The van der Waals surface area contributed by atoms with Gasteiger partial charge >= 0.3 is 11.9 Å². The van der Waals surface area contributed by atoms with Gasteiger partial charge in [0.2, 0.25) is 0 Å². The molecule has 0 N–H and O–H groups in total. The van der Waals surface area contributed by atoms with Crippen molar-refractivity contribution in [1.29, 1.82) is 0 Å². The lowest BCUT2D eigenvalue weighted by molar-refractivity contribution is -0.870. The molecule has 342 valence electrons. The van der Waals surface area contributed by atoms with Gasteiger partial charge in [0, 0.05) is 12.8 Å². The number of hydrogen-bond donors (Lipinski definition) is 0. The zero-order valence-electron chi connectivity index (χ0n) is 38.4. The number of nitrogens with zero attached hydrogens (tertiary/aromatic N) is 1. The Bertz CT molecular complexity index is 1190. The molecule has 0 saturated carbocycles. The molecule has 9 nitrogen and oxygen atoms in total. The van der Waals surface area contributed by atoms with Crippen LogP contribution in [-0.4, -0.2) is 70.0 Å². The average molecular weight is 850 g/mol. The van der Waals surface area contributed by atoms with Crippen molar-refractivity contribution in [1.82, 2.24) is 0 Å². The lowest BCUT2D eigenvalue weighted by Crippen LogP contribution is -2.37. The number of phosphoric ester groups is 1. The number of likely N-dealkylation sites (N-methyl/N-ethyl adjacent to an activating group) is 1. The number of unbranched alkanes of at least 4 members (excludes halogenated alkanes) is 18. The molecule has 0 rings (SSSR count). The molecule has 0 amide bonds. The summed E-state index contributed by atoms with van der Waals surface area (Å²) in [6, 6.07) is 0. The van der Waals surface area contributed by atoms with Crippen molar-refractivity contribution in [2.45, 2.75) is 193 Å². The summed E-state index contributed by atoms with van der Waals surface area (Å²) < 4.78 is 33.9. The minimum Gasteiger partial charge on any atom is -0.756 e. The first-order chi connectivity index (χ1) is 28.5. The first-order valence-corrected chi connectivity index (χ1v) is 25.0. The summed E-state index contributed by atoms with van der Waals surface area (Å²) in [6.07, 6.45) is 49.6. The van der Waals surface area contributed by atoms with Gasteiger partial charge in [-0.05, 0) is 83.5 Å². The second kappa shape index (κ2) is 41.1. The minimum absolute atomic E-state index is 0.0409. The van der Waals surface area contributed by atoms with E-state index in [9.17, 15) is 19.0 Å². The van der Waals surface area contributed by atoms with Gasteiger partial charge in [-0.1, -0.05) is 152 Å². The molecule has 59 heavy (non-hydrogen) atoms. The lowest BCUT2D eigenvalue weighted by Gasteiger charge is -2.28. The zero-order valence-corrected chi connectivity index (χ0v) is 39.3. The van der Waals surface area contributed by atoms with E-state index in [4.69, 9.17) is 18.5 Å². The molecule has 1 unspecified atom stereocenters. The van der Waals surface area contributed by atoms with Crippen molar-refractivity contribution in [3.8, 4) is 0 Å². The second-order valence-electron chi connectivity index (χ2n) is 16.8. The summed E-state index contributed by atoms with van der Waals surface area (Å²) in [5.74, 6) is -0.882. The largest absolute Gasteiger partial charge is 0.756 e. The Labute approximate surface area is 362 Å². The van der Waals surface area contributed by atoms with Gasteiger partial charge in [-0.25, -0.2) is 0 Å². The van der Waals surface area contributed by atoms with E-state index in [0.29, 0.717) is 23.9 Å². The third-order valence-corrected chi connectivity index (χ3v) is 10.7. The highest BCUT2D eigenvalue weighted by molar-refractivity contribution is 7.45. The Morgan fingerprint density at radius 3 is 1.42 bits per heavy atom. The van der Waals surface area contributed by atoms with E-state index in [0.717, 1.165) is 70.6 Å². The van der Waals surface area contributed by atoms with Gasteiger partial charge in [0.05, 0.1) is 27.7 Å². The number of ether oxygens (including phenoxy) is 2. The normalized spacial score (nSPS) is 14.1. The Balaban J connectivity index is 4.41. The second-order valence-corrected chi connectivity index (χ2v) is 18.2. The molecule has 0 aliphatic heterocycles. The number of allylic oxidation sites excluding steroid dienone is 10. The number of carbonyl (C=O) groups excluding carboxylic acids is 2. The van der Waals surface area contributed by atoms with Gasteiger partial charge < -0.3 is 27.9 Å². The molecule has 0 radical (unpaired) electrons. The number of carbonyl (C=O) groups is 2. The molecule has 0 bridgehead atoms. The van der Waals surface area contributed by atoms with E-state index in [1.54, 1.807) is 0 Å². The first-order valence-electron chi connectivity index (χ1n) is 23.5. The van der Waals surface area contributed by atoms with E-state index in [1.165, 1.54) is 77.0 Å². The van der Waals surface area contributed by atoms with Gasteiger partial charge in [-0.2, -0.15) is 0 Å². The summed E-state index contributed by atoms with van der Waals surface area (Å²) in [7, 11) is 1.13. The number of hydrogen-bond acceptors (Lipinski definition) is 8.